The SMILES string of the molecule is COc1ccccc1C1CC(C(=O)N2CCN(S(=O)(=O)c3ccccc3)CC2)NN1. The number of nitrogens with one attached hydrogen (secondary N) is 2. The van der Waals surface area contributed by atoms with Gasteiger partial charge >= 0.3 is 0 Å². The molecule has 30 heavy (non-hydrogen) atoms. The number of hydrogen-bond acceptors (Lipinski definition) is 6. The molecule has 9 heteroatoms. The number of hydrazine groups is 1. The van der Waals surface area contributed by atoms with E-state index in [9.17, 15) is 13.2 Å². The van der Waals surface area contributed by atoms with Crippen molar-refractivity contribution in [2.45, 2.75) is 23.4 Å². The summed E-state index contributed by atoms with van der Waals surface area (Å²) in [7, 11) is -1.90. The van der Waals surface area contributed by atoms with Gasteiger partial charge < -0.3 is 9.64 Å². The number of carbonyl (C=O) groups excluding carboxylic acids is 1. The predicted octanol–water partition coefficient (Wildman–Crippen LogP) is 1.14. The van der Waals surface area contributed by atoms with E-state index in [4.69, 9.17) is 4.74 Å². The van der Waals surface area contributed by atoms with Crippen molar-refractivity contribution in [3.63, 3.8) is 0 Å². The predicted molar refractivity (Wildman–Crippen MR) is 112 cm³/mol. The van der Waals surface area contributed by atoms with Gasteiger partial charge in [-0.3, -0.25) is 4.79 Å². The van der Waals surface area contributed by atoms with E-state index >= 15 is 0 Å². The molecule has 2 atom stereocenters. The van der Waals surface area contributed by atoms with Crippen LogP contribution in [0.1, 0.15) is 18.0 Å². The van der Waals surface area contributed by atoms with Crippen LogP contribution in [0.2, 0.25) is 0 Å². The van der Waals surface area contributed by atoms with Crippen LogP contribution >= 0.6 is 0 Å². The number of methoxy groups -OCH3 is 1. The molecule has 2 unspecified atom stereocenters. The van der Waals surface area contributed by atoms with Crippen LogP contribution in [0.5, 0.6) is 5.75 Å². The second-order valence-electron chi connectivity index (χ2n) is 7.41. The molecule has 8 nitrogen and oxygen atoms in total. The van der Waals surface area contributed by atoms with Crippen LogP contribution in [0.4, 0.5) is 0 Å². The fourth-order valence-corrected chi connectivity index (χ4v) is 5.43. The average molecular weight is 431 g/mol. The number of ether oxygens (including phenoxy) is 1. The van der Waals surface area contributed by atoms with Crippen LogP contribution < -0.4 is 15.6 Å². The molecule has 2 fully saturated rings. The van der Waals surface area contributed by atoms with Gasteiger partial charge in [-0.25, -0.2) is 19.3 Å². The lowest BCUT2D eigenvalue weighted by atomic mass is 10.0. The van der Waals surface area contributed by atoms with Crippen LogP contribution in [0, 0.1) is 0 Å². The fraction of sp³-hybridized carbons (Fsp3) is 0.381. The summed E-state index contributed by atoms with van der Waals surface area (Å²) < 4.78 is 32.4. The Balaban J connectivity index is 1.36. The van der Waals surface area contributed by atoms with E-state index < -0.39 is 10.0 Å². The normalized spacial score (nSPS) is 22.8. The summed E-state index contributed by atoms with van der Waals surface area (Å²) in [4.78, 5) is 15.0. The quantitative estimate of drug-likeness (QED) is 0.739. The van der Waals surface area contributed by atoms with Crippen LogP contribution in [0.25, 0.3) is 0 Å². The van der Waals surface area contributed by atoms with Crippen LogP contribution in [-0.4, -0.2) is 62.9 Å². The Morgan fingerprint density at radius 3 is 2.33 bits per heavy atom. The Morgan fingerprint density at radius 2 is 1.63 bits per heavy atom. The van der Waals surface area contributed by atoms with E-state index in [1.54, 1.807) is 42.3 Å². The zero-order valence-corrected chi connectivity index (χ0v) is 17.6. The number of carbonyl (C=O) groups is 1. The molecule has 0 aromatic heterocycles. The van der Waals surface area contributed by atoms with E-state index in [-0.39, 0.29) is 22.9 Å². The smallest absolute Gasteiger partial charge is 0.243 e. The highest BCUT2D eigenvalue weighted by molar-refractivity contribution is 7.89. The molecule has 2 aromatic carbocycles. The maximum Gasteiger partial charge on any atom is 0.243 e. The minimum Gasteiger partial charge on any atom is -0.496 e. The average Bonchev–Trinajstić information content (AvgIpc) is 3.29. The molecule has 2 aliphatic rings. The van der Waals surface area contributed by atoms with Gasteiger partial charge in [0.1, 0.15) is 11.8 Å². The van der Waals surface area contributed by atoms with Crippen molar-refractivity contribution in [1.82, 2.24) is 20.1 Å². The number of hydrogen-bond donors (Lipinski definition) is 2. The van der Waals surface area contributed by atoms with E-state index in [0.29, 0.717) is 32.6 Å². The van der Waals surface area contributed by atoms with Gasteiger partial charge in [-0.2, -0.15) is 4.31 Å². The molecule has 0 radical (unpaired) electrons. The van der Waals surface area contributed by atoms with Gasteiger partial charge in [-0.1, -0.05) is 36.4 Å². The van der Waals surface area contributed by atoms with E-state index in [1.165, 1.54) is 4.31 Å². The molecule has 160 valence electrons. The largest absolute Gasteiger partial charge is 0.496 e. The zero-order valence-electron chi connectivity index (χ0n) is 16.8. The van der Waals surface area contributed by atoms with Crippen molar-refractivity contribution in [2.75, 3.05) is 33.3 Å². The summed E-state index contributed by atoms with van der Waals surface area (Å²) in [6.07, 6.45) is 0.599. The van der Waals surface area contributed by atoms with Gasteiger partial charge in [-0.05, 0) is 24.6 Å². The monoisotopic (exact) mass is 430 g/mol. The second kappa shape index (κ2) is 8.73. The third-order valence-corrected chi connectivity index (χ3v) is 7.56. The molecule has 2 aromatic rings. The summed E-state index contributed by atoms with van der Waals surface area (Å²) >= 11 is 0. The first-order valence-corrected chi connectivity index (χ1v) is 11.4. The lowest BCUT2D eigenvalue weighted by Gasteiger charge is -2.35. The molecule has 2 N–H and O–H groups in total. The first kappa shape index (κ1) is 20.8. The Bertz CT molecular complexity index is 991. The summed E-state index contributed by atoms with van der Waals surface area (Å²) in [5.74, 6) is 0.765. The zero-order chi connectivity index (χ0) is 21.1. The fourth-order valence-electron chi connectivity index (χ4n) is 3.99. The minimum absolute atomic E-state index is 0.0170. The number of sulfonamides is 1. The third kappa shape index (κ3) is 4.06. The number of nitrogens with zero attached hydrogens (tertiary/aromatic N) is 2. The number of benzene rings is 2. The third-order valence-electron chi connectivity index (χ3n) is 5.65. The van der Waals surface area contributed by atoms with Gasteiger partial charge in [0.05, 0.1) is 18.0 Å². The van der Waals surface area contributed by atoms with E-state index in [1.807, 2.05) is 24.3 Å². The molecule has 0 bridgehead atoms. The summed E-state index contributed by atoms with van der Waals surface area (Å²) in [6, 6.07) is 15.8. The van der Waals surface area contributed by atoms with Gasteiger partial charge in [0, 0.05) is 31.7 Å². The molecule has 0 spiro atoms. The summed E-state index contributed by atoms with van der Waals surface area (Å²) in [5, 5.41) is 0. The topological polar surface area (TPSA) is 91.0 Å². The summed E-state index contributed by atoms with van der Waals surface area (Å²) in [6.45, 7) is 1.34. The van der Waals surface area contributed by atoms with Crippen LogP contribution in [-0.2, 0) is 14.8 Å². The molecular weight excluding hydrogens is 404 g/mol. The molecule has 2 heterocycles. The standard InChI is InChI=1S/C21H26N4O4S/c1-29-20-10-6-5-9-17(20)18-15-19(23-22-18)21(26)24-11-13-25(14-12-24)30(27,28)16-7-3-2-4-8-16/h2-10,18-19,22-23H,11-15H2,1H3. The number of piperazine rings is 1. The first-order valence-electron chi connectivity index (χ1n) is 9.98. The lowest BCUT2D eigenvalue weighted by molar-refractivity contribution is -0.134. The molecular formula is C21H26N4O4S. The molecule has 0 aliphatic carbocycles. The van der Waals surface area contributed by atoms with Crippen molar-refractivity contribution >= 4 is 15.9 Å². The van der Waals surface area contributed by atoms with E-state index in [0.717, 1.165) is 11.3 Å². The maximum absolute atomic E-state index is 13.0. The van der Waals surface area contributed by atoms with Crippen molar-refractivity contribution in [2.24, 2.45) is 0 Å². The van der Waals surface area contributed by atoms with Gasteiger partial charge in [0.25, 0.3) is 0 Å². The highest BCUT2D eigenvalue weighted by Crippen LogP contribution is 2.30. The van der Waals surface area contributed by atoms with Crippen LogP contribution in [0.3, 0.4) is 0 Å². The maximum atomic E-state index is 13.0. The van der Waals surface area contributed by atoms with E-state index in [2.05, 4.69) is 10.9 Å². The number of amides is 1. The van der Waals surface area contributed by atoms with Crippen molar-refractivity contribution in [3.8, 4) is 5.75 Å². The summed E-state index contributed by atoms with van der Waals surface area (Å²) in [5.41, 5.74) is 7.28. The van der Waals surface area contributed by atoms with Gasteiger partial charge in [0.2, 0.25) is 15.9 Å². The molecule has 2 aliphatic heterocycles. The molecule has 2 saturated heterocycles. The molecule has 1 amide bonds. The van der Waals surface area contributed by atoms with Crippen molar-refractivity contribution in [1.29, 1.82) is 0 Å². The molecule has 0 saturated carbocycles. The van der Waals surface area contributed by atoms with Crippen LogP contribution in [0.15, 0.2) is 59.5 Å². The number of para-hydroxylation sites is 1. The van der Waals surface area contributed by atoms with Gasteiger partial charge in [-0.15, -0.1) is 0 Å². The molecule has 4 rings (SSSR count). The van der Waals surface area contributed by atoms with Crippen molar-refractivity contribution in [3.05, 3.63) is 60.2 Å². The Hall–Kier alpha value is -2.46. The Morgan fingerprint density at radius 1 is 0.967 bits per heavy atom. The first-order chi connectivity index (χ1) is 14.5. The highest BCUT2D eigenvalue weighted by Gasteiger charge is 2.36. The lowest BCUT2D eigenvalue weighted by Crippen LogP contribution is -2.54. The van der Waals surface area contributed by atoms with Crippen molar-refractivity contribution < 1.29 is 17.9 Å². The second-order valence-corrected chi connectivity index (χ2v) is 9.35. The number of rotatable bonds is 5. The minimum atomic E-state index is -3.53. The van der Waals surface area contributed by atoms with Gasteiger partial charge in [0.15, 0.2) is 0 Å². The Labute approximate surface area is 176 Å². The highest BCUT2D eigenvalue weighted by atomic mass is 32.2. The Kier molecular flexibility index (Phi) is 6.05.